The number of benzene rings is 2. The zero-order valence-corrected chi connectivity index (χ0v) is 11.2. The molecule has 0 atom stereocenters. The van der Waals surface area contributed by atoms with Crippen LogP contribution in [0.25, 0.3) is 0 Å². The minimum Gasteiger partial charge on any atom is -0.508 e. The number of hydrogen-bond acceptors (Lipinski definition) is 5. The number of sulfonamides is 1. The number of nitro groups is 1. The summed E-state index contributed by atoms with van der Waals surface area (Å²) in [5.74, 6) is -0.976. The zero-order chi connectivity index (χ0) is 15.6. The molecular weight excluding hydrogens is 303 g/mol. The maximum Gasteiger partial charge on any atom is 0.297 e. The summed E-state index contributed by atoms with van der Waals surface area (Å²) in [5.41, 5.74) is -0.900. The number of nitrogens with zero attached hydrogens (tertiary/aromatic N) is 1. The molecule has 2 rings (SSSR count). The number of phenols is 1. The highest BCUT2D eigenvalue weighted by molar-refractivity contribution is 7.92. The van der Waals surface area contributed by atoms with Crippen molar-refractivity contribution in [3.63, 3.8) is 0 Å². The van der Waals surface area contributed by atoms with Crippen molar-refractivity contribution in [2.75, 3.05) is 4.72 Å². The van der Waals surface area contributed by atoms with E-state index in [-0.39, 0.29) is 16.3 Å². The van der Waals surface area contributed by atoms with Crippen LogP contribution in [0, 0.1) is 15.9 Å². The number of anilines is 1. The van der Waals surface area contributed by atoms with Crippen LogP contribution >= 0.6 is 0 Å². The summed E-state index contributed by atoms with van der Waals surface area (Å²) in [5, 5.41) is 20.1. The molecule has 2 aromatic carbocycles. The van der Waals surface area contributed by atoms with Gasteiger partial charge in [-0.05, 0) is 36.4 Å². The summed E-state index contributed by atoms with van der Waals surface area (Å²) in [7, 11) is -4.10. The summed E-state index contributed by atoms with van der Waals surface area (Å²) in [6.07, 6.45) is 0. The predicted octanol–water partition coefficient (Wildman–Crippen LogP) is 2.24. The monoisotopic (exact) mass is 312 g/mol. The number of nitro benzene ring substituents is 1. The maximum absolute atomic E-state index is 12.8. The predicted molar refractivity (Wildman–Crippen MR) is 72.0 cm³/mol. The highest BCUT2D eigenvalue weighted by Crippen LogP contribution is 2.30. The van der Waals surface area contributed by atoms with Crippen molar-refractivity contribution < 1.29 is 22.8 Å². The first-order chi connectivity index (χ1) is 9.79. The van der Waals surface area contributed by atoms with Gasteiger partial charge in [-0.25, -0.2) is 12.8 Å². The van der Waals surface area contributed by atoms with E-state index in [2.05, 4.69) is 0 Å². The molecule has 9 heteroatoms. The van der Waals surface area contributed by atoms with Gasteiger partial charge >= 0.3 is 0 Å². The molecule has 0 amide bonds. The number of nitrogens with one attached hydrogen (secondary N) is 1. The molecule has 0 bridgehead atoms. The molecule has 0 spiro atoms. The summed E-state index contributed by atoms with van der Waals surface area (Å²) >= 11 is 0. The van der Waals surface area contributed by atoms with E-state index in [1.54, 1.807) is 0 Å². The molecule has 0 radical (unpaired) electrons. The van der Waals surface area contributed by atoms with Gasteiger partial charge in [-0.2, -0.15) is 0 Å². The smallest absolute Gasteiger partial charge is 0.297 e. The lowest BCUT2D eigenvalue weighted by atomic mass is 10.2. The molecule has 110 valence electrons. The Kier molecular flexibility index (Phi) is 3.76. The Morgan fingerprint density at radius 2 is 1.76 bits per heavy atom. The van der Waals surface area contributed by atoms with Crippen LogP contribution in [0.5, 0.6) is 5.75 Å². The lowest BCUT2D eigenvalue weighted by Gasteiger charge is -2.08. The van der Waals surface area contributed by atoms with E-state index in [4.69, 9.17) is 0 Å². The van der Waals surface area contributed by atoms with Crippen molar-refractivity contribution in [3.05, 3.63) is 58.4 Å². The first kappa shape index (κ1) is 14.7. The third kappa shape index (κ3) is 3.26. The molecule has 21 heavy (non-hydrogen) atoms. The highest BCUT2D eigenvalue weighted by Gasteiger charge is 2.21. The van der Waals surface area contributed by atoms with Crippen LogP contribution in [0.1, 0.15) is 0 Å². The second-order valence-electron chi connectivity index (χ2n) is 4.02. The highest BCUT2D eigenvalue weighted by atomic mass is 32.2. The fraction of sp³-hybridized carbons (Fsp3) is 0. The van der Waals surface area contributed by atoms with Gasteiger partial charge in [0.05, 0.1) is 15.9 Å². The third-order valence-electron chi connectivity index (χ3n) is 2.55. The number of halogens is 1. The Labute approximate surface area is 118 Å². The van der Waals surface area contributed by atoms with Gasteiger partial charge in [0.2, 0.25) is 0 Å². The van der Waals surface area contributed by atoms with Crippen LogP contribution in [-0.4, -0.2) is 18.4 Å². The third-order valence-corrected chi connectivity index (χ3v) is 3.93. The first-order valence-corrected chi connectivity index (χ1v) is 7.04. The van der Waals surface area contributed by atoms with Gasteiger partial charge in [0.15, 0.2) is 0 Å². The fourth-order valence-electron chi connectivity index (χ4n) is 1.57. The maximum atomic E-state index is 12.8. The standard InChI is InChI=1S/C12H9FN2O5S/c13-8-1-4-10(5-2-8)21(19,20)14-11-6-3-9(16)7-12(11)15(17)18/h1-7,14,16H. The van der Waals surface area contributed by atoms with E-state index in [0.717, 1.165) is 42.5 Å². The van der Waals surface area contributed by atoms with Gasteiger partial charge in [-0.1, -0.05) is 0 Å². The summed E-state index contributed by atoms with van der Waals surface area (Å²) in [6, 6.07) is 6.97. The second kappa shape index (κ2) is 5.37. The summed E-state index contributed by atoms with van der Waals surface area (Å²) in [4.78, 5) is 9.78. The fourth-order valence-corrected chi connectivity index (χ4v) is 2.65. The van der Waals surface area contributed by atoms with Crippen molar-refractivity contribution >= 4 is 21.4 Å². The van der Waals surface area contributed by atoms with Gasteiger partial charge in [0.1, 0.15) is 17.3 Å². The molecular formula is C12H9FN2O5S. The molecule has 0 heterocycles. The van der Waals surface area contributed by atoms with E-state index in [1.807, 2.05) is 4.72 Å². The zero-order valence-electron chi connectivity index (χ0n) is 10.4. The molecule has 0 aromatic heterocycles. The van der Waals surface area contributed by atoms with E-state index in [0.29, 0.717) is 0 Å². The van der Waals surface area contributed by atoms with Crippen LogP contribution in [-0.2, 0) is 10.0 Å². The van der Waals surface area contributed by atoms with Gasteiger partial charge in [-0.3, -0.25) is 14.8 Å². The largest absolute Gasteiger partial charge is 0.508 e. The first-order valence-electron chi connectivity index (χ1n) is 5.55. The summed E-state index contributed by atoms with van der Waals surface area (Å²) in [6.45, 7) is 0. The lowest BCUT2D eigenvalue weighted by Crippen LogP contribution is -2.14. The Hall–Kier alpha value is -2.68. The molecule has 2 N–H and O–H groups in total. The van der Waals surface area contributed by atoms with E-state index < -0.39 is 26.5 Å². The molecule has 7 nitrogen and oxygen atoms in total. The van der Waals surface area contributed by atoms with Crippen LogP contribution in [0.15, 0.2) is 47.4 Å². The van der Waals surface area contributed by atoms with Crippen molar-refractivity contribution in [3.8, 4) is 5.75 Å². The molecule has 0 saturated carbocycles. The Morgan fingerprint density at radius 3 is 2.33 bits per heavy atom. The van der Waals surface area contributed by atoms with Crippen LogP contribution < -0.4 is 4.72 Å². The van der Waals surface area contributed by atoms with Crippen molar-refractivity contribution in [1.29, 1.82) is 0 Å². The molecule has 2 aromatic rings. The van der Waals surface area contributed by atoms with Crippen LogP contribution in [0.3, 0.4) is 0 Å². The van der Waals surface area contributed by atoms with E-state index in [9.17, 15) is 28.0 Å². The normalized spacial score (nSPS) is 11.1. The minimum absolute atomic E-state index is 0.244. The quantitative estimate of drug-likeness (QED) is 0.511. The molecule has 0 aliphatic heterocycles. The van der Waals surface area contributed by atoms with Crippen LogP contribution in [0.2, 0.25) is 0 Å². The molecule has 0 aliphatic rings. The second-order valence-corrected chi connectivity index (χ2v) is 5.70. The van der Waals surface area contributed by atoms with Gasteiger partial charge in [0, 0.05) is 0 Å². The van der Waals surface area contributed by atoms with E-state index in [1.165, 1.54) is 0 Å². The van der Waals surface area contributed by atoms with Crippen LogP contribution in [0.4, 0.5) is 15.8 Å². The number of aromatic hydroxyl groups is 1. The molecule has 0 aliphatic carbocycles. The van der Waals surface area contributed by atoms with Gasteiger partial charge < -0.3 is 5.11 Å². The average molecular weight is 312 g/mol. The average Bonchev–Trinajstić information content (AvgIpc) is 2.41. The summed E-state index contributed by atoms with van der Waals surface area (Å²) < 4.78 is 38.9. The van der Waals surface area contributed by atoms with Crippen molar-refractivity contribution in [1.82, 2.24) is 0 Å². The Balaban J connectivity index is 2.41. The molecule has 0 saturated heterocycles. The lowest BCUT2D eigenvalue weighted by molar-refractivity contribution is -0.384. The molecule has 0 unspecified atom stereocenters. The van der Waals surface area contributed by atoms with Gasteiger partial charge in [-0.15, -0.1) is 0 Å². The minimum atomic E-state index is -4.10. The number of phenolic OH excluding ortho intramolecular Hbond substituents is 1. The van der Waals surface area contributed by atoms with E-state index >= 15 is 0 Å². The Bertz CT molecular complexity index is 790. The Morgan fingerprint density at radius 1 is 1.14 bits per heavy atom. The SMILES string of the molecule is O=[N+]([O-])c1cc(O)ccc1NS(=O)(=O)c1ccc(F)cc1. The van der Waals surface area contributed by atoms with Gasteiger partial charge in [0.25, 0.3) is 15.7 Å². The number of hydrogen-bond donors (Lipinski definition) is 2. The molecule has 0 fully saturated rings. The van der Waals surface area contributed by atoms with Crippen molar-refractivity contribution in [2.24, 2.45) is 0 Å². The topological polar surface area (TPSA) is 110 Å². The number of rotatable bonds is 4. The van der Waals surface area contributed by atoms with Crippen molar-refractivity contribution in [2.45, 2.75) is 4.90 Å².